The fraction of sp³-hybridized carbons (Fsp3) is 0.167. The van der Waals surface area contributed by atoms with Crippen molar-refractivity contribution in [3.8, 4) is 0 Å². The molecule has 0 saturated carbocycles. The van der Waals surface area contributed by atoms with Crippen LogP contribution < -0.4 is 0 Å². The summed E-state index contributed by atoms with van der Waals surface area (Å²) in [5.74, 6) is 0. The lowest BCUT2D eigenvalue weighted by atomic mass is 10.4. The van der Waals surface area contributed by atoms with Crippen molar-refractivity contribution in [2.45, 2.75) is 0 Å². The summed E-state index contributed by atoms with van der Waals surface area (Å²) < 4.78 is 0. The van der Waals surface area contributed by atoms with E-state index in [4.69, 9.17) is 0 Å². The quantitative estimate of drug-likeness (QED) is 0.508. The Bertz CT molecular complexity index is 193. The molecule has 1 aromatic heterocycles. The first-order valence-electron chi connectivity index (χ1n) is 2.61. The minimum Gasteiger partial charge on any atom is -0.294 e. The second-order valence-electron chi connectivity index (χ2n) is 1.52. The van der Waals surface area contributed by atoms with Crippen LogP contribution in [0.4, 0.5) is 0 Å². The van der Waals surface area contributed by atoms with Crippen LogP contribution in [-0.2, 0) is 0 Å². The van der Waals surface area contributed by atoms with E-state index in [1.165, 1.54) is 6.33 Å². The van der Waals surface area contributed by atoms with Crippen molar-refractivity contribution in [2.75, 3.05) is 7.05 Å². The lowest BCUT2D eigenvalue weighted by Gasteiger charge is -1.84. The first-order valence-corrected chi connectivity index (χ1v) is 2.61. The Labute approximate surface area is 53.5 Å². The zero-order chi connectivity index (χ0) is 6.53. The average molecular weight is 121 g/mol. The topological polar surface area (TPSA) is 38.1 Å². The van der Waals surface area contributed by atoms with Gasteiger partial charge in [0.15, 0.2) is 0 Å². The van der Waals surface area contributed by atoms with Gasteiger partial charge in [0.05, 0.1) is 5.69 Å². The third kappa shape index (κ3) is 1.60. The highest BCUT2D eigenvalue weighted by molar-refractivity contribution is 5.76. The molecule has 1 aromatic rings. The van der Waals surface area contributed by atoms with Gasteiger partial charge in [-0.1, -0.05) is 0 Å². The summed E-state index contributed by atoms with van der Waals surface area (Å²) in [6, 6.07) is 1.80. The molecule has 0 amide bonds. The molecule has 0 saturated heterocycles. The van der Waals surface area contributed by atoms with Crippen LogP contribution >= 0.6 is 0 Å². The maximum atomic E-state index is 3.91. The Hall–Kier alpha value is -1.25. The highest BCUT2D eigenvalue weighted by atomic mass is 14.8. The molecule has 0 unspecified atom stereocenters. The molecule has 9 heavy (non-hydrogen) atoms. The number of hydrogen-bond acceptors (Lipinski definition) is 3. The Kier molecular flexibility index (Phi) is 1.90. The van der Waals surface area contributed by atoms with E-state index in [2.05, 4.69) is 15.0 Å². The number of nitrogens with zero attached hydrogens (tertiary/aromatic N) is 3. The summed E-state index contributed by atoms with van der Waals surface area (Å²) in [7, 11) is 1.71. The van der Waals surface area contributed by atoms with Gasteiger partial charge in [-0.2, -0.15) is 0 Å². The molecular formula is C6H7N3. The Morgan fingerprint density at radius 2 is 2.56 bits per heavy atom. The fourth-order valence-corrected chi connectivity index (χ4v) is 0.510. The fourth-order valence-electron chi connectivity index (χ4n) is 0.510. The van der Waals surface area contributed by atoms with E-state index < -0.39 is 0 Å². The van der Waals surface area contributed by atoms with Crippen LogP contribution in [0.3, 0.4) is 0 Å². The molecule has 0 spiro atoms. The summed E-state index contributed by atoms with van der Waals surface area (Å²) in [4.78, 5) is 11.5. The van der Waals surface area contributed by atoms with Gasteiger partial charge in [0.25, 0.3) is 0 Å². The third-order valence-corrected chi connectivity index (χ3v) is 0.866. The molecule has 3 heteroatoms. The molecule has 1 rings (SSSR count). The van der Waals surface area contributed by atoms with Crippen LogP contribution in [0.1, 0.15) is 5.69 Å². The van der Waals surface area contributed by atoms with Gasteiger partial charge in [0.1, 0.15) is 6.33 Å². The molecular weight excluding hydrogens is 114 g/mol. The largest absolute Gasteiger partial charge is 0.294 e. The molecule has 0 aliphatic heterocycles. The summed E-state index contributed by atoms with van der Waals surface area (Å²) >= 11 is 0. The van der Waals surface area contributed by atoms with E-state index in [9.17, 15) is 0 Å². The molecule has 3 nitrogen and oxygen atoms in total. The third-order valence-electron chi connectivity index (χ3n) is 0.866. The smallest absolute Gasteiger partial charge is 0.116 e. The van der Waals surface area contributed by atoms with Crippen LogP contribution in [0.15, 0.2) is 23.6 Å². The SMILES string of the molecule is CN=Cc1ccncn1. The summed E-state index contributed by atoms with van der Waals surface area (Å²) in [5, 5.41) is 0. The second-order valence-corrected chi connectivity index (χ2v) is 1.52. The van der Waals surface area contributed by atoms with Gasteiger partial charge in [-0.15, -0.1) is 0 Å². The van der Waals surface area contributed by atoms with Gasteiger partial charge in [0, 0.05) is 19.5 Å². The van der Waals surface area contributed by atoms with Gasteiger partial charge in [-0.05, 0) is 6.07 Å². The van der Waals surface area contributed by atoms with E-state index in [0.717, 1.165) is 5.69 Å². The molecule has 0 aliphatic rings. The summed E-state index contributed by atoms with van der Waals surface area (Å²) in [6.45, 7) is 0. The standard InChI is InChI=1S/C6H7N3/c1-7-4-6-2-3-8-5-9-6/h2-5H,1H3. The van der Waals surface area contributed by atoms with Crippen molar-refractivity contribution < 1.29 is 0 Å². The summed E-state index contributed by atoms with van der Waals surface area (Å²) in [6.07, 6.45) is 4.86. The van der Waals surface area contributed by atoms with Crippen molar-refractivity contribution in [2.24, 2.45) is 4.99 Å². The zero-order valence-corrected chi connectivity index (χ0v) is 5.15. The molecule has 1 heterocycles. The van der Waals surface area contributed by atoms with E-state index in [1.54, 1.807) is 25.5 Å². The normalized spacial score (nSPS) is 10.3. The second kappa shape index (κ2) is 2.91. The van der Waals surface area contributed by atoms with Gasteiger partial charge in [-0.25, -0.2) is 9.97 Å². The molecule has 0 atom stereocenters. The first kappa shape index (κ1) is 5.88. The molecule has 0 radical (unpaired) electrons. The molecule has 0 bridgehead atoms. The molecule has 0 fully saturated rings. The van der Waals surface area contributed by atoms with E-state index in [0.29, 0.717) is 0 Å². The molecule has 0 aliphatic carbocycles. The van der Waals surface area contributed by atoms with E-state index in [1.807, 2.05) is 0 Å². The van der Waals surface area contributed by atoms with E-state index in [-0.39, 0.29) is 0 Å². The van der Waals surface area contributed by atoms with Crippen molar-refractivity contribution in [1.29, 1.82) is 0 Å². The van der Waals surface area contributed by atoms with Gasteiger partial charge in [0.2, 0.25) is 0 Å². The monoisotopic (exact) mass is 121 g/mol. The lowest BCUT2D eigenvalue weighted by molar-refractivity contribution is 1.15. The van der Waals surface area contributed by atoms with Crippen molar-refractivity contribution in [3.63, 3.8) is 0 Å². The Morgan fingerprint density at radius 3 is 3.11 bits per heavy atom. The average Bonchev–Trinajstić information content (AvgIpc) is 1.91. The van der Waals surface area contributed by atoms with Gasteiger partial charge in [-0.3, -0.25) is 4.99 Å². The zero-order valence-electron chi connectivity index (χ0n) is 5.15. The first-order chi connectivity index (χ1) is 4.43. The van der Waals surface area contributed by atoms with Gasteiger partial charge >= 0.3 is 0 Å². The van der Waals surface area contributed by atoms with Crippen LogP contribution in [-0.4, -0.2) is 23.2 Å². The Balaban J connectivity index is 2.85. The number of rotatable bonds is 1. The predicted molar refractivity (Wildman–Crippen MR) is 35.6 cm³/mol. The molecule has 0 aromatic carbocycles. The van der Waals surface area contributed by atoms with E-state index >= 15 is 0 Å². The minimum absolute atomic E-state index is 0.840. The van der Waals surface area contributed by atoms with Crippen LogP contribution in [0, 0.1) is 0 Å². The number of aromatic nitrogens is 2. The van der Waals surface area contributed by atoms with Gasteiger partial charge < -0.3 is 0 Å². The highest BCUT2D eigenvalue weighted by Crippen LogP contribution is 1.83. The maximum absolute atomic E-state index is 3.91. The Morgan fingerprint density at radius 1 is 1.67 bits per heavy atom. The van der Waals surface area contributed by atoms with Crippen LogP contribution in [0.5, 0.6) is 0 Å². The molecule has 0 N–H and O–H groups in total. The van der Waals surface area contributed by atoms with Crippen molar-refractivity contribution >= 4 is 6.21 Å². The number of hydrogen-bond donors (Lipinski definition) is 0. The van der Waals surface area contributed by atoms with Crippen molar-refractivity contribution in [3.05, 3.63) is 24.3 Å². The summed E-state index contributed by atoms with van der Waals surface area (Å²) in [5.41, 5.74) is 0.840. The highest BCUT2D eigenvalue weighted by Gasteiger charge is 1.81. The maximum Gasteiger partial charge on any atom is 0.116 e. The minimum atomic E-state index is 0.840. The lowest BCUT2D eigenvalue weighted by Crippen LogP contribution is -1.85. The van der Waals surface area contributed by atoms with Crippen molar-refractivity contribution in [1.82, 2.24) is 9.97 Å². The number of aliphatic imine (C=N–C) groups is 1. The predicted octanol–water partition coefficient (Wildman–Crippen LogP) is 0.525. The van der Waals surface area contributed by atoms with Crippen LogP contribution in [0.25, 0.3) is 0 Å². The molecule has 46 valence electrons. The van der Waals surface area contributed by atoms with Crippen LogP contribution in [0.2, 0.25) is 0 Å².